The van der Waals surface area contributed by atoms with E-state index in [9.17, 15) is 0 Å². The normalized spacial score (nSPS) is 11.3. The van der Waals surface area contributed by atoms with E-state index in [0.717, 1.165) is 37.0 Å². The van der Waals surface area contributed by atoms with E-state index < -0.39 is 0 Å². The van der Waals surface area contributed by atoms with E-state index in [4.69, 9.17) is 14.5 Å². The van der Waals surface area contributed by atoms with E-state index in [1.54, 1.807) is 25.6 Å². The summed E-state index contributed by atoms with van der Waals surface area (Å²) in [6.45, 7) is 6.64. The summed E-state index contributed by atoms with van der Waals surface area (Å²) < 4.78 is 10.7. The number of guanidine groups is 1. The quantitative estimate of drug-likeness (QED) is 0.564. The van der Waals surface area contributed by atoms with Crippen molar-refractivity contribution in [3.05, 3.63) is 45.6 Å². The average Bonchev–Trinajstić information content (AvgIpc) is 3.08. The largest absolute Gasteiger partial charge is 0.493 e. The van der Waals surface area contributed by atoms with Gasteiger partial charge in [-0.05, 0) is 50.1 Å². The molecule has 1 aromatic heterocycles. The number of thiophene rings is 1. The number of nitrogens with zero attached hydrogens (tertiary/aromatic N) is 2. The van der Waals surface area contributed by atoms with Gasteiger partial charge in [0.2, 0.25) is 0 Å². The number of methoxy groups -OCH3 is 2. The summed E-state index contributed by atoms with van der Waals surface area (Å²) >= 11 is 1.80. The summed E-state index contributed by atoms with van der Waals surface area (Å²) in [5.41, 5.74) is 1.21. The molecule has 0 spiro atoms. The molecule has 0 aliphatic rings. The molecule has 6 heteroatoms. The highest BCUT2D eigenvalue weighted by Crippen LogP contribution is 2.27. The number of ether oxygens (including phenoxy) is 2. The Bertz CT molecular complexity index is 728. The minimum Gasteiger partial charge on any atom is -0.493 e. The van der Waals surface area contributed by atoms with Crippen molar-refractivity contribution >= 4 is 17.3 Å². The van der Waals surface area contributed by atoms with Crippen LogP contribution in [0.3, 0.4) is 0 Å². The molecule has 5 nitrogen and oxygen atoms in total. The monoisotopic (exact) mass is 375 g/mol. The van der Waals surface area contributed by atoms with Crippen LogP contribution in [0.25, 0.3) is 0 Å². The number of benzene rings is 1. The number of aryl methyl sites for hydroxylation is 1. The first-order chi connectivity index (χ1) is 12.6. The van der Waals surface area contributed by atoms with Gasteiger partial charge >= 0.3 is 0 Å². The Labute approximate surface area is 160 Å². The Kier molecular flexibility index (Phi) is 7.78. The number of hydrogen-bond donors (Lipinski definition) is 1. The van der Waals surface area contributed by atoms with Crippen LogP contribution >= 0.6 is 11.3 Å². The lowest BCUT2D eigenvalue weighted by atomic mass is 10.1. The van der Waals surface area contributed by atoms with E-state index in [-0.39, 0.29) is 0 Å². The molecule has 0 unspecified atom stereocenters. The third-order valence-electron chi connectivity index (χ3n) is 4.06. The highest BCUT2D eigenvalue weighted by molar-refractivity contribution is 7.11. The predicted molar refractivity (Wildman–Crippen MR) is 110 cm³/mol. The van der Waals surface area contributed by atoms with Crippen molar-refractivity contribution in [1.29, 1.82) is 0 Å². The van der Waals surface area contributed by atoms with E-state index >= 15 is 0 Å². The molecule has 0 atom stereocenters. The van der Waals surface area contributed by atoms with Crippen LogP contribution in [0.2, 0.25) is 0 Å². The second kappa shape index (κ2) is 10.1. The summed E-state index contributed by atoms with van der Waals surface area (Å²) in [5.74, 6) is 2.45. The van der Waals surface area contributed by atoms with Gasteiger partial charge in [-0.3, -0.25) is 0 Å². The molecular weight excluding hydrogens is 346 g/mol. The SMILES string of the molecule is CCNC(=NCc1ccc(C)s1)N(C)CCc1ccc(OC)c(OC)c1. The minimum atomic E-state index is 0.710. The fourth-order valence-corrected chi connectivity index (χ4v) is 3.45. The topological polar surface area (TPSA) is 46.1 Å². The molecule has 2 aromatic rings. The zero-order valence-electron chi connectivity index (χ0n) is 16.3. The third-order valence-corrected chi connectivity index (χ3v) is 5.05. The van der Waals surface area contributed by atoms with Gasteiger partial charge < -0.3 is 19.7 Å². The number of aliphatic imine (C=N–C) groups is 1. The van der Waals surface area contributed by atoms with Gasteiger partial charge in [-0.15, -0.1) is 11.3 Å². The average molecular weight is 376 g/mol. The maximum Gasteiger partial charge on any atom is 0.194 e. The molecule has 0 saturated carbocycles. The van der Waals surface area contributed by atoms with Gasteiger partial charge in [0, 0.05) is 29.9 Å². The van der Waals surface area contributed by atoms with E-state index in [1.165, 1.54) is 15.3 Å². The summed E-state index contributed by atoms with van der Waals surface area (Å²) in [6.07, 6.45) is 0.902. The minimum absolute atomic E-state index is 0.710. The molecular formula is C20H29N3O2S. The fraction of sp³-hybridized carbons (Fsp3) is 0.450. The van der Waals surface area contributed by atoms with Crippen LogP contribution in [0.4, 0.5) is 0 Å². The molecule has 0 aliphatic carbocycles. The Morgan fingerprint density at radius 2 is 1.92 bits per heavy atom. The lowest BCUT2D eigenvalue weighted by molar-refractivity contribution is 0.354. The van der Waals surface area contributed by atoms with Crippen LogP contribution in [0.5, 0.6) is 11.5 Å². The highest BCUT2D eigenvalue weighted by Gasteiger charge is 2.09. The number of rotatable bonds is 8. The van der Waals surface area contributed by atoms with Crippen molar-refractivity contribution in [1.82, 2.24) is 10.2 Å². The van der Waals surface area contributed by atoms with Crippen LogP contribution in [0.1, 0.15) is 22.2 Å². The van der Waals surface area contributed by atoms with Crippen molar-refractivity contribution in [3.8, 4) is 11.5 Å². The van der Waals surface area contributed by atoms with Crippen molar-refractivity contribution in [2.75, 3.05) is 34.4 Å². The molecule has 0 aliphatic heterocycles. The molecule has 0 radical (unpaired) electrons. The van der Waals surface area contributed by atoms with Gasteiger partial charge in [-0.1, -0.05) is 6.07 Å². The van der Waals surface area contributed by atoms with Crippen molar-refractivity contribution in [2.45, 2.75) is 26.8 Å². The first kappa shape index (κ1) is 20.1. The summed E-state index contributed by atoms with van der Waals surface area (Å²) in [5, 5.41) is 3.37. The van der Waals surface area contributed by atoms with Gasteiger partial charge in [0.25, 0.3) is 0 Å². The molecule has 0 saturated heterocycles. The zero-order chi connectivity index (χ0) is 18.9. The standard InChI is InChI=1S/C20H29N3O2S/c1-6-21-20(22-14-17-9-7-15(2)26-17)23(3)12-11-16-8-10-18(24-4)19(13-16)25-5/h7-10,13H,6,11-12,14H2,1-5H3,(H,21,22). The van der Waals surface area contributed by atoms with Crippen LogP contribution in [0.15, 0.2) is 35.3 Å². The van der Waals surface area contributed by atoms with Crippen LogP contribution in [-0.2, 0) is 13.0 Å². The lowest BCUT2D eigenvalue weighted by Crippen LogP contribution is -2.39. The Hall–Kier alpha value is -2.21. The summed E-state index contributed by atoms with van der Waals surface area (Å²) in [4.78, 5) is 9.54. The lowest BCUT2D eigenvalue weighted by Gasteiger charge is -2.22. The van der Waals surface area contributed by atoms with Crippen LogP contribution in [-0.4, -0.2) is 45.2 Å². The third kappa shape index (κ3) is 5.66. The Balaban J connectivity index is 1.99. The van der Waals surface area contributed by atoms with Crippen molar-refractivity contribution in [3.63, 3.8) is 0 Å². The fourth-order valence-electron chi connectivity index (χ4n) is 2.63. The second-order valence-electron chi connectivity index (χ2n) is 6.04. The van der Waals surface area contributed by atoms with Crippen LogP contribution in [0, 0.1) is 6.92 Å². The molecule has 0 amide bonds. The smallest absolute Gasteiger partial charge is 0.194 e. The van der Waals surface area contributed by atoms with Crippen LogP contribution < -0.4 is 14.8 Å². The molecule has 1 N–H and O–H groups in total. The van der Waals surface area contributed by atoms with Crippen molar-refractivity contribution < 1.29 is 9.47 Å². The van der Waals surface area contributed by atoms with Crippen molar-refractivity contribution in [2.24, 2.45) is 4.99 Å². The molecule has 26 heavy (non-hydrogen) atoms. The Morgan fingerprint density at radius 1 is 1.15 bits per heavy atom. The van der Waals surface area contributed by atoms with Gasteiger partial charge in [-0.25, -0.2) is 4.99 Å². The number of nitrogens with one attached hydrogen (secondary N) is 1. The number of likely N-dealkylation sites (N-methyl/N-ethyl adjacent to an activating group) is 1. The highest BCUT2D eigenvalue weighted by atomic mass is 32.1. The van der Waals surface area contributed by atoms with E-state index in [0.29, 0.717) is 6.54 Å². The molecule has 142 valence electrons. The first-order valence-electron chi connectivity index (χ1n) is 8.83. The molecule has 0 fully saturated rings. The van der Waals surface area contributed by atoms with E-state index in [2.05, 4.69) is 49.3 Å². The molecule has 1 heterocycles. The number of hydrogen-bond acceptors (Lipinski definition) is 4. The first-order valence-corrected chi connectivity index (χ1v) is 9.64. The van der Waals surface area contributed by atoms with Gasteiger partial charge in [-0.2, -0.15) is 0 Å². The van der Waals surface area contributed by atoms with Gasteiger partial charge in [0.05, 0.1) is 20.8 Å². The second-order valence-corrected chi connectivity index (χ2v) is 7.42. The maximum atomic E-state index is 5.39. The maximum absolute atomic E-state index is 5.39. The molecule has 2 rings (SSSR count). The predicted octanol–water partition coefficient (Wildman–Crippen LogP) is 3.71. The van der Waals surface area contributed by atoms with Gasteiger partial charge in [0.15, 0.2) is 17.5 Å². The summed E-state index contributed by atoms with van der Waals surface area (Å²) in [7, 11) is 5.39. The zero-order valence-corrected chi connectivity index (χ0v) is 17.2. The molecule has 0 bridgehead atoms. The Morgan fingerprint density at radius 3 is 2.54 bits per heavy atom. The summed E-state index contributed by atoms with van der Waals surface area (Å²) in [6, 6.07) is 10.4. The van der Waals surface area contributed by atoms with Gasteiger partial charge in [0.1, 0.15) is 0 Å². The van der Waals surface area contributed by atoms with E-state index in [1.807, 2.05) is 12.1 Å². The molecule has 1 aromatic carbocycles.